The Hall–Kier alpha value is -2.82. The molecule has 2 aromatic carbocycles. The van der Waals surface area contributed by atoms with Gasteiger partial charge in [0.2, 0.25) is 0 Å². The Kier molecular flexibility index (Phi) is 4.53. The summed E-state index contributed by atoms with van der Waals surface area (Å²) in [6.45, 7) is 0.246. The molecule has 2 saturated carbocycles. The van der Waals surface area contributed by atoms with E-state index >= 15 is 0 Å². The van der Waals surface area contributed by atoms with Crippen LogP contribution in [0.3, 0.4) is 0 Å². The van der Waals surface area contributed by atoms with E-state index in [9.17, 15) is 14.7 Å². The molecular weight excluding hydrogens is 366 g/mol. The van der Waals surface area contributed by atoms with Gasteiger partial charge in [-0.3, -0.25) is 4.79 Å². The molecule has 2 fully saturated rings. The highest BCUT2D eigenvalue weighted by Crippen LogP contribution is 2.55. The third kappa shape index (κ3) is 3.50. The van der Waals surface area contributed by atoms with Crippen LogP contribution in [0.2, 0.25) is 0 Å². The molecule has 5 nitrogen and oxygen atoms in total. The van der Waals surface area contributed by atoms with Crippen molar-refractivity contribution in [2.75, 3.05) is 6.61 Å². The van der Waals surface area contributed by atoms with Gasteiger partial charge in [-0.25, -0.2) is 4.79 Å². The number of hydrogen-bond donors (Lipinski definition) is 2. The molecule has 2 aromatic rings. The summed E-state index contributed by atoms with van der Waals surface area (Å²) in [7, 11) is 0. The van der Waals surface area contributed by atoms with E-state index in [2.05, 4.69) is 29.6 Å². The maximum Gasteiger partial charge on any atom is 0.407 e. The molecule has 0 heterocycles. The summed E-state index contributed by atoms with van der Waals surface area (Å²) in [6.07, 6.45) is 2.74. The fourth-order valence-electron chi connectivity index (χ4n) is 5.41. The van der Waals surface area contributed by atoms with Gasteiger partial charge in [0, 0.05) is 12.0 Å². The number of alkyl carbamates (subject to hydrolysis) is 1. The molecule has 0 aromatic heterocycles. The Balaban J connectivity index is 1.26. The average molecular weight is 391 g/mol. The molecule has 0 bridgehead atoms. The zero-order valence-corrected chi connectivity index (χ0v) is 16.2. The maximum absolute atomic E-state index is 12.5. The Morgan fingerprint density at radius 2 is 1.55 bits per heavy atom. The van der Waals surface area contributed by atoms with Crippen molar-refractivity contribution in [1.82, 2.24) is 5.32 Å². The van der Waals surface area contributed by atoms with Crippen LogP contribution >= 0.6 is 0 Å². The van der Waals surface area contributed by atoms with Crippen LogP contribution in [-0.4, -0.2) is 29.8 Å². The lowest BCUT2D eigenvalue weighted by atomic mass is 9.92. The lowest BCUT2D eigenvalue weighted by Gasteiger charge is -2.24. The van der Waals surface area contributed by atoms with E-state index in [4.69, 9.17) is 4.74 Å². The number of amides is 1. The van der Waals surface area contributed by atoms with Gasteiger partial charge in [-0.2, -0.15) is 0 Å². The van der Waals surface area contributed by atoms with Crippen molar-refractivity contribution >= 4 is 12.1 Å². The van der Waals surface area contributed by atoms with Gasteiger partial charge in [-0.1, -0.05) is 48.5 Å². The predicted molar refractivity (Wildman–Crippen MR) is 109 cm³/mol. The van der Waals surface area contributed by atoms with E-state index in [-0.39, 0.29) is 30.9 Å². The van der Waals surface area contributed by atoms with E-state index in [1.54, 1.807) is 0 Å². The average Bonchev–Trinajstić information content (AvgIpc) is 3.19. The first-order valence-electron chi connectivity index (χ1n) is 10.4. The number of carboxylic acids is 1. The summed E-state index contributed by atoms with van der Waals surface area (Å²) in [4.78, 5) is 23.8. The minimum absolute atomic E-state index is 0.00481. The first-order valence-corrected chi connectivity index (χ1v) is 10.4. The Morgan fingerprint density at radius 1 is 0.966 bits per heavy atom. The number of carbonyl (C=O) groups excluding carboxylic acids is 1. The predicted octanol–water partition coefficient (Wildman–Crippen LogP) is 4.41. The highest BCUT2D eigenvalue weighted by Gasteiger charge is 2.48. The second-order valence-corrected chi connectivity index (χ2v) is 8.66. The standard InChI is InChI=1S/C24H25NO4/c26-23(27)12-22(16-10-14-9-15(14)11-16)25-24(28)29-13-21-19-7-3-1-5-17(19)18-6-2-4-8-20(18)21/h1-8,14-16,21-22H,9-13H2,(H,25,28)(H,26,27)/t14?,15?,16?,22-/m0/s1. The summed E-state index contributed by atoms with van der Waals surface area (Å²) in [5, 5.41) is 12.1. The van der Waals surface area contributed by atoms with Crippen molar-refractivity contribution < 1.29 is 19.4 Å². The van der Waals surface area contributed by atoms with Crippen LogP contribution in [0.4, 0.5) is 4.79 Å². The van der Waals surface area contributed by atoms with Crippen LogP contribution in [-0.2, 0) is 9.53 Å². The normalized spacial score (nSPS) is 24.9. The lowest BCUT2D eigenvalue weighted by Crippen LogP contribution is -2.42. The fourth-order valence-corrected chi connectivity index (χ4v) is 5.41. The molecule has 5 heteroatoms. The summed E-state index contributed by atoms with van der Waals surface area (Å²) in [5.41, 5.74) is 4.70. The number of rotatable bonds is 6. The number of hydrogen-bond acceptors (Lipinski definition) is 3. The van der Waals surface area contributed by atoms with Crippen LogP contribution in [0.25, 0.3) is 11.1 Å². The molecule has 0 aliphatic heterocycles. The third-order valence-electron chi connectivity index (χ3n) is 6.89. The van der Waals surface area contributed by atoms with Crippen molar-refractivity contribution in [3.05, 3.63) is 59.7 Å². The number of aliphatic carboxylic acids is 1. The summed E-state index contributed by atoms with van der Waals surface area (Å²) < 4.78 is 5.61. The third-order valence-corrected chi connectivity index (χ3v) is 6.89. The van der Waals surface area contributed by atoms with Crippen molar-refractivity contribution in [3.8, 4) is 11.1 Å². The van der Waals surface area contributed by atoms with Gasteiger partial charge in [-0.05, 0) is 59.3 Å². The van der Waals surface area contributed by atoms with E-state index in [1.165, 1.54) is 28.7 Å². The summed E-state index contributed by atoms with van der Waals surface area (Å²) in [5.74, 6) is 0.844. The van der Waals surface area contributed by atoms with Crippen LogP contribution < -0.4 is 5.32 Å². The SMILES string of the molecule is O=C(O)C[C@H](NC(=O)OCC1c2ccccc2-c2ccccc21)C1CC2CC2C1. The molecule has 0 saturated heterocycles. The van der Waals surface area contributed by atoms with E-state index in [1.807, 2.05) is 24.3 Å². The molecular formula is C24H25NO4. The van der Waals surface area contributed by atoms with Crippen LogP contribution in [0, 0.1) is 17.8 Å². The Morgan fingerprint density at radius 3 is 2.14 bits per heavy atom. The highest BCUT2D eigenvalue weighted by molar-refractivity contribution is 5.79. The zero-order valence-electron chi connectivity index (χ0n) is 16.2. The first-order chi connectivity index (χ1) is 14.1. The van der Waals surface area contributed by atoms with Gasteiger partial charge in [0.15, 0.2) is 0 Å². The number of carboxylic acid groups (broad SMARTS) is 1. The smallest absolute Gasteiger partial charge is 0.407 e. The van der Waals surface area contributed by atoms with Crippen LogP contribution in [0.15, 0.2) is 48.5 Å². The highest BCUT2D eigenvalue weighted by atomic mass is 16.5. The molecule has 0 spiro atoms. The minimum atomic E-state index is -0.880. The first kappa shape index (κ1) is 18.2. The van der Waals surface area contributed by atoms with E-state index in [0.717, 1.165) is 24.7 Å². The van der Waals surface area contributed by atoms with Gasteiger partial charge >= 0.3 is 12.1 Å². The number of nitrogens with one attached hydrogen (secondary N) is 1. The monoisotopic (exact) mass is 391 g/mol. The fraction of sp³-hybridized carbons (Fsp3) is 0.417. The lowest BCUT2D eigenvalue weighted by molar-refractivity contribution is -0.137. The molecule has 2 N–H and O–H groups in total. The number of fused-ring (bicyclic) bond motifs is 4. The van der Waals surface area contributed by atoms with Crippen LogP contribution in [0.5, 0.6) is 0 Å². The summed E-state index contributed by atoms with van der Waals surface area (Å²) >= 11 is 0. The zero-order chi connectivity index (χ0) is 20.0. The van der Waals surface area contributed by atoms with Crippen molar-refractivity contribution in [2.24, 2.45) is 17.8 Å². The topological polar surface area (TPSA) is 75.6 Å². The Bertz CT molecular complexity index is 900. The quantitative estimate of drug-likeness (QED) is 0.765. The molecule has 0 radical (unpaired) electrons. The van der Waals surface area contributed by atoms with Crippen molar-refractivity contribution in [1.29, 1.82) is 0 Å². The minimum Gasteiger partial charge on any atom is -0.481 e. The molecule has 3 aliphatic carbocycles. The second kappa shape index (κ2) is 7.21. The molecule has 5 rings (SSSR count). The van der Waals surface area contributed by atoms with Crippen LogP contribution in [0.1, 0.15) is 42.7 Å². The largest absolute Gasteiger partial charge is 0.481 e. The van der Waals surface area contributed by atoms with Gasteiger partial charge in [-0.15, -0.1) is 0 Å². The molecule has 150 valence electrons. The summed E-state index contributed by atoms with van der Waals surface area (Å²) in [6, 6.07) is 16.1. The molecule has 3 atom stereocenters. The van der Waals surface area contributed by atoms with E-state index < -0.39 is 12.1 Å². The number of carbonyl (C=O) groups is 2. The maximum atomic E-state index is 12.5. The van der Waals surface area contributed by atoms with E-state index in [0.29, 0.717) is 0 Å². The molecule has 1 amide bonds. The van der Waals surface area contributed by atoms with Crippen molar-refractivity contribution in [2.45, 2.75) is 37.6 Å². The van der Waals surface area contributed by atoms with Gasteiger partial charge in [0.1, 0.15) is 6.61 Å². The molecule has 29 heavy (non-hydrogen) atoms. The molecule has 2 unspecified atom stereocenters. The number of benzene rings is 2. The van der Waals surface area contributed by atoms with Crippen molar-refractivity contribution in [3.63, 3.8) is 0 Å². The number of ether oxygens (including phenoxy) is 1. The molecule has 3 aliphatic rings. The van der Waals surface area contributed by atoms with Gasteiger partial charge in [0.25, 0.3) is 0 Å². The van der Waals surface area contributed by atoms with Gasteiger partial charge < -0.3 is 15.2 Å². The van der Waals surface area contributed by atoms with Gasteiger partial charge in [0.05, 0.1) is 6.42 Å². The Labute approximate surface area is 170 Å². The second-order valence-electron chi connectivity index (χ2n) is 8.66.